The van der Waals surface area contributed by atoms with E-state index in [9.17, 15) is 9.90 Å². The summed E-state index contributed by atoms with van der Waals surface area (Å²) in [5.41, 5.74) is 2.74. The van der Waals surface area contributed by atoms with Gasteiger partial charge in [0.05, 0.1) is 12.7 Å². The average molecular weight is 475 g/mol. The van der Waals surface area contributed by atoms with Crippen LogP contribution in [0.5, 0.6) is 5.75 Å². The van der Waals surface area contributed by atoms with Crippen LogP contribution in [-0.4, -0.2) is 59.7 Å². The first kappa shape index (κ1) is 25.6. The molecule has 0 saturated heterocycles. The van der Waals surface area contributed by atoms with Crippen molar-refractivity contribution in [2.24, 2.45) is 5.92 Å². The van der Waals surface area contributed by atoms with Gasteiger partial charge in [0.15, 0.2) is 0 Å². The second-order valence-electron chi connectivity index (χ2n) is 8.00. The van der Waals surface area contributed by atoms with Gasteiger partial charge in [0.25, 0.3) is 0 Å². The van der Waals surface area contributed by atoms with E-state index in [1.165, 1.54) is 11.8 Å². The Bertz CT molecular complexity index is 891. The molecule has 0 radical (unpaired) electrons. The van der Waals surface area contributed by atoms with Crippen LogP contribution < -0.4 is 4.74 Å². The molecule has 33 heavy (non-hydrogen) atoms. The fourth-order valence-electron chi connectivity index (χ4n) is 3.76. The first-order valence-electron chi connectivity index (χ1n) is 11.6. The van der Waals surface area contributed by atoms with Crippen molar-refractivity contribution in [2.45, 2.75) is 44.5 Å². The lowest BCUT2D eigenvalue weighted by molar-refractivity contribution is -0.106. The Labute approximate surface area is 200 Å². The molecule has 0 bridgehead atoms. The molecule has 1 aromatic carbocycles. The minimum Gasteiger partial charge on any atom is -0.493 e. The summed E-state index contributed by atoms with van der Waals surface area (Å²) in [6.07, 6.45) is 9.31. The number of hydrogen-bond acceptors (Lipinski definition) is 7. The van der Waals surface area contributed by atoms with Crippen LogP contribution in [0.1, 0.15) is 37.8 Å². The number of aliphatic hydroxyl groups excluding tert-OH is 2. The third-order valence-electron chi connectivity index (χ3n) is 5.57. The number of allylic oxidation sites excluding steroid dienone is 3. The van der Waals surface area contributed by atoms with Gasteiger partial charge in [-0.1, -0.05) is 36.9 Å². The van der Waals surface area contributed by atoms with Crippen molar-refractivity contribution in [1.82, 2.24) is 0 Å². The summed E-state index contributed by atoms with van der Waals surface area (Å²) < 4.78 is 16.7. The minimum absolute atomic E-state index is 0.0204. The van der Waals surface area contributed by atoms with E-state index in [4.69, 9.17) is 19.3 Å². The quantitative estimate of drug-likeness (QED) is 0.419. The molecule has 0 spiro atoms. The maximum Gasteiger partial charge on any atom is 0.220 e. The molecule has 2 aliphatic rings. The zero-order valence-corrected chi connectivity index (χ0v) is 20.2. The molecule has 3 atom stereocenters. The maximum absolute atomic E-state index is 13.0. The second kappa shape index (κ2) is 13.0. The summed E-state index contributed by atoms with van der Waals surface area (Å²) in [6.45, 7) is 5.90. The SMILES string of the molecule is CCOCCC(O)COC1=CC2SC(=O)C(c3ccc(OCCCO)cc3CC)=CC2C=C1. The highest BCUT2D eigenvalue weighted by atomic mass is 32.2. The van der Waals surface area contributed by atoms with Crippen molar-refractivity contribution in [2.75, 3.05) is 33.0 Å². The van der Waals surface area contributed by atoms with Crippen LogP contribution in [0.15, 0.2) is 48.3 Å². The number of thioether (sulfide) groups is 1. The molecule has 3 rings (SSSR count). The first-order chi connectivity index (χ1) is 16.0. The Kier molecular flexibility index (Phi) is 10.1. The van der Waals surface area contributed by atoms with E-state index in [0.717, 1.165) is 28.9 Å². The fourth-order valence-corrected chi connectivity index (χ4v) is 4.84. The highest BCUT2D eigenvalue weighted by molar-refractivity contribution is 8.15. The maximum atomic E-state index is 13.0. The van der Waals surface area contributed by atoms with Gasteiger partial charge in [-0.3, -0.25) is 4.79 Å². The van der Waals surface area contributed by atoms with E-state index in [-0.39, 0.29) is 29.5 Å². The number of aliphatic hydroxyl groups is 2. The lowest BCUT2D eigenvalue weighted by atomic mass is 9.91. The Morgan fingerprint density at radius 2 is 2.00 bits per heavy atom. The monoisotopic (exact) mass is 474 g/mol. The molecule has 0 fully saturated rings. The standard InChI is InChI=1S/C26H34O6S/c1-3-18-14-21(31-12-5-11-27)8-9-23(18)24-15-19-6-7-22(16-25(19)33-26(24)29)32-17-20(28)10-13-30-4-2/h6-9,14-16,19-20,25,27-28H,3-5,10-13,17H2,1-2H3. The summed E-state index contributed by atoms with van der Waals surface area (Å²) in [5, 5.41) is 19.0. The Hall–Kier alpha value is -2.06. The normalized spacial score (nSPS) is 20.7. The fraction of sp³-hybridized carbons (Fsp3) is 0.500. The predicted octanol–water partition coefficient (Wildman–Crippen LogP) is 3.91. The number of hydrogen-bond donors (Lipinski definition) is 2. The molecule has 7 heteroatoms. The molecule has 1 heterocycles. The summed E-state index contributed by atoms with van der Waals surface area (Å²) in [5.74, 6) is 1.54. The smallest absolute Gasteiger partial charge is 0.220 e. The van der Waals surface area contributed by atoms with E-state index < -0.39 is 6.10 Å². The topological polar surface area (TPSA) is 85.2 Å². The van der Waals surface area contributed by atoms with Gasteiger partial charge < -0.3 is 24.4 Å². The van der Waals surface area contributed by atoms with E-state index >= 15 is 0 Å². The highest BCUT2D eigenvalue weighted by Gasteiger charge is 2.31. The van der Waals surface area contributed by atoms with Crippen molar-refractivity contribution >= 4 is 22.5 Å². The van der Waals surface area contributed by atoms with Crippen molar-refractivity contribution < 1.29 is 29.2 Å². The van der Waals surface area contributed by atoms with Crippen LogP contribution in [0.25, 0.3) is 5.57 Å². The molecule has 0 amide bonds. The molecule has 180 valence electrons. The Morgan fingerprint density at radius 3 is 2.76 bits per heavy atom. The number of fused-ring (bicyclic) bond motifs is 1. The third kappa shape index (κ3) is 7.21. The number of carbonyl (C=O) groups is 1. The van der Waals surface area contributed by atoms with Gasteiger partial charge in [-0.05, 0) is 55.2 Å². The number of benzene rings is 1. The van der Waals surface area contributed by atoms with E-state index in [0.29, 0.717) is 38.4 Å². The van der Waals surface area contributed by atoms with Gasteiger partial charge in [0.1, 0.15) is 18.1 Å². The van der Waals surface area contributed by atoms with E-state index in [1.54, 1.807) is 0 Å². The van der Waals surface area contributed by atoms with Crippen LogP contribution in [0.4, 0.5) is 0 Å². The molecule has 1 aliphatic carbocycles. The Balaban J connectivity index is 1.66. The van der Waals surface area contributed by atoms with E-state index in [2.05, 4.69) is 13.0 Å². The highest BCUT2D eigenvalue weighted by Crippen LogP contribution is 2.40. The lowest BCUT2D eigenvalue weighted by Gasteiger charge is -2.28. The minimum atomic E-state index is -0.584. The molecule has 3 unspecified atom stereocenters. The third-order valence-corrected chi connectivity index (χ3v) is 6.73. The summed E-state index contributed by atoms with van der Waals surface area (Å²) in [6, 6.07) is 5.82. The number of carbonyl (C=O) groups excluding carboxylic acids is 1. The second-order valence-corrected chi connectivity index (χ2v) is 9.16. The van der Waals surface area contributed by atoms with Gasteiger partial charge in [0.2, 0.25) is 5.12 Å². The molecular formula is C26H34O6S. The van der Waals surface area contributed by atoms with Crippen LogP contribution in [0.2, 0.25) is 0 Å². The van der Waals surface area contributed by atoms with Gasteiger partial charge in [0, 0.05) is 43.0 Å². The van der Waals surface area contributed by atoms with Crippen LogP contribution in [0, 0.1) is 5.92 Å². The summed E-state index contributed by atoms with van der Waals surface area (Å²) >= 11 is 1.31. The summed E-state index contributed by atoms with van der Waals surface area (Å²) in [7, 11) is 0. The van der Waals surface area contributed by atoms with Crippen molar-refractivity contribution in [3.63, 3.8) is 0 Å². The zero-order valence-electron chi connectivity index (χ0n) is 19.4. The van der Waals surface area contributed by atoms with Crippen molar-refractivity contribution in [1.29, 1.82) is 0 Å². The summed E-state index contributed by atoms with van der Waals surface area (Å²) in [4.78, 5) is 13.0. The molecule has 1 aliphatic heterocycles. The molecule has 0 aromatic heterocycles. The lowest BCUT2D eigenvalue weighted by Crippen LogP contribution is -2.24. The molecular weight excluding hydrogens is 440 g/mol. The average Bonchev–Trinajstić information content (AvgIpc) is 2.82. The van der Waals surface area contributed by atoms with Crippen molar-refractivity contribution in [3.05, 3.63) is 59.4 Å². The van der Waals surface area contributed by atoms with E-state index in [1.807, 2.05) is 43.4 Å². The predicted molar refractivity (Wildman–Crippen MR) is 131 cm³/mol. The number of ether oxygens (including phenoxy) is 3. The molecule has 6 nitrogen and oxygen atoms in total. The van der Waals surface area contributed by atoms with Gasteiger partial charge in [-0.25, -0.2) is 0 Å². The number of aryl methyl sites for hydroxylation is 1. The molecule has 0 saturated carbocycles. The molecule has 2 N–H and O–H groups in total. The van der Waals surface area contributed by atoms with Gasteiger partial charge in [-0.15, -0.1) is 0 Å². The first-order valence-corrected chi connectivity index (χ1v) is 12.5. The zero-order chi connectivity index (χ0) is 23.6. The molecule has 1 aromatic rings. The largest absolute Gasteiger partial charge is 0.493 e. The van der Waals surface area contributed by atoms with Crippen LogP contribution in [-0.2, 0) is 20.7 Å². The van der Waals surface area contributed by atoms with Crippen molar-refractivity contribution in [3.8, 4) is 5.75 Å². The van der Waals surface area contributed by atoms with Crippen LogP contribution >= 0.6 is 11.8 Å². The van der Waals surface area contributed by atoms with Crippen LogP contribution in [0.3, 0.4) is 0 Å². The van der Waals surface area contributed by atoms with Gasteiger partial charge in [-0.2, -0.15) is 0 Å². The van der Waals surface area contributed by atoms with Gasteiger partial charge >= 0.3 is 0 Å². The number of rotatable bonds is 13. The Morgan fingerprint density at radius 1 is 1.15 bits per heavy atom.